The molecule has 1 heterocycles. The maximum atomic E-state index is 12.6. The SMILES string of the molecule is CSCC1CSC(CSC(=O)C2CC3CC(C(C)=O)C2C3)CS1. The van der Waals surface area contributed by atoms with E-state index >= 15 is 0 Å². The Kier molecular flexibility index (Phi) is 6.78. The van der Waals surface area contributed by atoms with Crippen molar-refractivity contribution in [2.45, 2.75) is 36.7 Å². The lowest BCUT2D eigenvalue weighted by atomic mass is 9.79. The highest BCUT2D eigenvalue weighted by Gasteiger charge is 2.50. The third-order valence-electron chi connectivity index (χ3n) is 5.44. The van der Waals surface area contributed by atoms with E-state index in [0.29, 0.717) is 28.0 Å². The summed E-state index contributed by atoms with van der Waals surface area (Å²) in [4.78, 5) is 24.4. The Labute approximate surface area is 156 Å². The topological polar surface area (TPSA) is 34.1 Å². The van der Waals surface area contributed by atoms with E-state index in [1.165, 1.54) is 17.3 Å². The van der Waals surface area contributed by atoms with E-state index in [9.17, 15) is 9.59 Å². The second-order valence-electron chi connectivity index (χ2n) is 7.06. The molecule has 2 nitrogen and oxygen atoms in total. The number of thioether (sulfide) groups is 4. The summed E-state index contributed by atoms with van der Waals surface area (Å²) in [5, 5.41) is 1.78. The van der Waals surface area contributed by atoms with Gasteiger partial charge in [0.05, 0.1) is 0 Å². The molecule has 0 aromatic rings. The van der Waals surface area contributed by atoms with Crippen LogP contribution < -0.4 is 0 Å². The van der Waals surface area contributed by atoms with Crippen LogP contribution >= 0.6 is 47.0 Å². The van der Waals surface area contributed by atoms with Gasteiger partial charge in [-0.25, -0.2) is 0 Å². The molecule has 0 N–H and O–H groups in total. The van der Waals surface area contributed by atoms with Crippen LogP contribution in [0, 0.1) is 23.7 Å². The molecule has 1 aliphatic heterocycles. The molecule has 1 saturated heterocycles. The molecule has 2 aliphatic carbocycles. The fourth-order valence-corrected chi connectivity index (χ4v) is 9.91. The van der Waals surface area contributed by atoms with Gasteiger partial charge in [-0.2, -0.15) is 35.3 Å². The van der Waals surface area contributed by atoms with Gasteiger partial charge in [0.1, 0.15) is 5.78 Å². The highest BCUT2D eigenvalue weighted by Crippen LogP contribution is 2.53. The fourth-order valence-electron chi connectivity index (χ4n) is 4.33. The van der Waals surface area contributed by atoms with Crippen LogP contribution in [0.3, 0.4) is 0 Å². The third kappa shape index (κ3) is 4.48. The molecule has 0 aromatic heterocycles. The van der Waals surface area contributed by atoms with Crippen LogP contribution in [-0.2, 0) is 9.59 Å². The Hall–Kier alpha value is 0.740. The predicted octanol–water partition coefficient (Wildman–Crippen LogP) is 4.08. The highest BCUT2D eigenvalue weighted by atomic mass is 32.2. The number of fused-ring (bicyclic) bond motifs is 2. The van der Waals surface area contributed by atoms with Crippen LogP contribution in [0.1, 0.15) is 26.2 Å². The van der Waals surface area contributed by atoms with Gasteiger partial charge in [0.25, 0.3) is 0 Å². The van der Waals surface area contributed by atoms with Crippen molar-refractivity contribution in [1.29, 1.82) is 0 Å². The first-order valence-corrected chi connectivity index (χ1v) is 13.0. The number of carbonyl (C=O) groups is 2. The summed E-state index contributed by atoms with van der Waals surface area (Å²) in [7, 11) is 0. The number of hydrogen-bond donors (Lipinski definition) is 0. The number of Topliss-reactive ketones (excluding diaryl/α,β-unsaturated/α-hetero) is 1. The van der Waals surface area contributed by atoms with Gasteiger partial charge >= 0.3 is 0 Å². The van der Waals surface area contributed by atoms with E-state index in [1.54, 1.807) is 18.7 Å². The summed E-state index contributed by atoms with van der Waals surface area (Å²) < 4.78 is 0. The Morgan fingerprint density at radius 3 is 2.22 bits per heavy atom. The average Bonchev–Trinajstić information content (AvgIpc) is 3.15. The molecular weight excluding hydrogens is 364 g/mol. The summed E-state index contributed by atoms with van der Waals surface area (Å²) in [5.41, 5.74) is 0. The molecule has 0 radical (unpaired) electrons. The van der Waals surface area contributed by atoms with Crippen LogP contribution in [0.2, 0.25) is 0 Å². The zero-order valence-corrected chi connectivity index (χ0v) is 17.1. The predicted molar refractivity (Wildman–Crippen MR) is 107 cm³/mol. The van der Waals surface area contributed by atoms with Gasteiger partial charge in [0.2, 0.25) is 0 Å². The van der Waals surface area contributed by atoms with Gasteiger partial charge < -0.3 is 0 Å². The molecule has 0 spiro atoms. The molecule has 2 saturated carbocycles. The van der Waals surface area contributed by atoms with Crippen molar-refractivity contribution >= 4 is 57.9 Å². The van der Waals surface area contributed by atoms with E-state index in [0.717, 1.165) is 30.3 Å². The molecule has 23 heavy (non-hydrogen) atoms. The van der Waals surface area contributed by atoms with Crippen LogP contribution in [0.4, 0.5) is 0 Å². The summed E-state index contributed by atoms with van der Waals surface area (Å²) in [6, 6.07) is 0. The monoisotopic (exact) mass is 390 g/mol. The molecule has 2 bridgehead atoms. The Balaban J connectivity index is 1.43. The van der Waals surface area contributed by atoms with E-state index in [2.05, 4.69) is 29.8 Å². The van der Waals surface area contributed by atoms with Crippen molar-refractivity contribution in [1.82, 2.24) is 0 Å². The van der Waals surface area contributed by atoms with Gasteiger partial charge in [-0.05, 0) is 44.3 Å². The number of ketones is 1. The molecule has 3 rings (SSSR count). The minimum atomic E-state index is 0.165. The van der Waals surface area contributed by atoms with Gasteiger partial charge in [0.15, 0.2) is 5.12 Å². The molecule has 6 heteroatoms. The number of carbonyl (C=O) groups excluding carboxylic acids is 2. The molecular formula is C17H26O2S4. The third-order valence-corrected chi connectivity index (χ3v) is 11.0. The van der Waals surface area contributed by atoms with Crippen molar-refractivity contribution in [2.75, 3.05) is 29.3 Å². The minimum Gasteiger partial charge on any atom is -0.300 e. The lowest BCUT2D eigenvalue weighted by molar-refractivity contribution is -0.124. The van der Waals surface area contributed by atoms with Crippen molar-refractivity contribution in [3.05, 3.63) is 0 Å². The van der Waals surface area contributed by atoms with Crippen LogP contribution in [0.5, 0.6) is 0 Å². The standard InChI is InChI=1S/C17H26O2S4/c1-10(18)14-3-11-4-15(14)16(5-11)17(19)23-9-13-8-21-12(6-20-2)7-22-13/h11-16H,3-9H2,1-2H3. The van der Waals surface area contributed by atoms with E-state index in [-0.39, 0.29) is 11.8 Å². The Morgan fingerprint density at radius 2 is 1.65 bits per heavy atom. The lowest BCUT2D eigenvalue weighted by Gasteiger charge is -2.29. The van der Waals surface area contributed by atoms with Crippen molar-refractivity contribution < 1.29 is 9.59 Å². The quantitative estimate of drug-likeness (QED) is 0.680. The first-order valence-electron chi connectivity index (χ1n) is 8.47. The fraction of sp³-hybridized carbons (Fsp3) is 0.882. The number of rotatable bonds is 6. The van der Waals surface area contributed by atoms with E-state index < -0.39 is 0 Å². The summed E-state index contributed by atoms with van der Waals surface area (Å²) in [6.07, 6.45) is 5.38. The summed E-state index contributed by atoms with van der Waals surface area (Å²) in [5.74, 6) is 6.25. The second kappa shape index (κ2) is 8.41. The molecule has 3 fully saturated rings. The largest absolute Gasteiger partial charge is 0.300 e. The van der Waals surface area contributed by atoms with Gasteiger partial charge in [-0.3, -0.25) is 9.59 Å². The van der Waals surface area contributed by atoms with E-state index in [1.807, 2.05) is 11.8 Å². The van der Waals surface area contributed by atoms with Crippen LogP contribution in [0.15, 0.2) is 0 Å². The maximum Gasteiger partial charge on any atom is 0.192 e. The van der Waals surface area contributed by atoms with Crippen LogP contribution in [0.25, 0.3) is 0 Å². The molecule has 0 aromatic carbocycles. The Bertz CT molecular complexity index is 448. The minimum absolute atomic E-state index is 0.165. The second-order valence-corrected chi connectivity index (χ2v) is 11.7. The molecule has 6 unspecified atom stereocenters. The smallest absolute Gasteiger partial charge is 0.192 e. The zero-order chi connectivity index (χ0) is 16.4. The van der Waals surface area contributed by atoms with Gasteiger partial charge in [-0.1, -0.05) is 11.8 Å². The maximum absolute atomic E-state index is 12.6. The zero-order valence-electron chi connectivity index (χ0n) is 13.9. The average molecular weight is 391 g/mol. The number of hydrogen-bond acceptors (Lipinski definition) is 6. The normalized spacial score (nSPS) is 39.6. The molecule has 0 amide bonds. The van der Waals surface area contributed by atoms with E-state index in [4.69, 9.17) is 0 Å². The lowest BCUT2D eigenvalue weighted by Crippen LogP contribution is -2.30. The van der Waals surface area contributed by atoms with Crippen LogP contribution in [-0.4, -0.2) is 50.7 Å². The summed E-state index contributed by atoms with van der Waals surface area (Å²) >= 11 is 7.63. The first kappa shape index (κ1) is 18.5. The van der Waals surface area contributed by atoms with Gasteiger partial charge in [-0.15, -0.1) is 0 Å². The first-order chi connectivity index (χ1) is 11.1. The van der Waals surface area contributed by atoms with Crippen molar-refractivity contribution in [3.63, 3.8) is 0 Å². The van der Waals surface area contributed by atoms with Gasteiger partial charge in [0, 0.05) is 45.3 Å². The molecule has 6 atom stereocenters. The molecule has 130 valence electrons. The highest BCUT2D eigenvalue weighted by molar-refractivity contribution is 8.15. The van der Waals surface area contributed by atoms with Crippen molar-refractivity contribution in [2.24, 2.45) is 23.7 Å². The summed E-state index contributed by atoms with van der Waals surface area (Å²) in [6.45, 7) is 1.71. The van der Waals surface area contributed by atoms with Crippen molar-refractivity contribution in [3.8, 4) is 0 Å². The molecule has 3 aliphatic rings. The Morgan fingerprint density at radius 1 is 1.00 bits per heavy atom.